The third-order valence-electron chi connectivity index (χ3n) is 2.94. The van der Waals surface area contributed by atoms with Gasteiger partial charge in [0.15, 0.2) is 0 Å². The number of carboxylic acids is 1. The molecular weight excluding hydrogens is 266 g/mol. The third-order valence-corrected chi connectivity index (χ3v) is 4.89. The van der Waals surface area contributed by atoms with E-state index in [1.54, 1.807) is 13.8 Å². The van der Waals surface area contributed by atoms with Gasteiger partial charge in [0, 0.05) is 13.6 Å². The van der Waals surface area contributed by atoms with Gasteiger partial charge in [-0.3, -0.25) is 0 Å². The number of aromatic carboxylic acids is 1. The molecule has 0 aliphatic rings. The molecule has 0 bridgehead atoms. The van der Waals surface area contributed by atoms with Crippen LogP contribution in [0, 0.1) is 13.8 Å². The van der Waals surface area contributed by atoms with Crippen LogP contribution in [0.4, 0.5) is 0 Å². The van der Waals surface area contributed by atoms with E-state index in [4.69, 9.17) is 5.11 Å². The van der Waals surface area contributed by atoms with E-state index in [-0.39, 0.29) is 17.0 Å². The Hall–Kier alpha value is -1.66. The molecule has 1 aromatic rings. The summed E-state index contributed by atoms with van der Waals surface area (Å²) in [4.78, 5) is 11.0. The summed E-state index contributed by atoms with van der Waals surface area (Å²) >= 11 is 0. The Morgan fingerprint density at radius 3 is 2.47 bits per heavy atom. The number of likely N-dealkylation sites (N-methyl/N-ethyl adjacent to an activating group) is 1. The van der Waals surface area contributed by atoms with Crippen molar-refractivity contribution in [2.24, 2.45) is 0 Å². The zero-order chi connectivity index (χ0) is 14.8. The first-order valence-electron chi connectivity index (χ1n) is 5.63. The van der Waals surface area contributed by atoms with Crippen LogP contribution in [0.2, 0.25) is 0 Å². The molecule has 1 aromatic carbocycles. The molecule has 0 saturated heterocycles. The molecule has 104 valence electrons. The summed E-state index contributed by atoms with van der Waals surface area (Å²) in [5.74, 6) is -1.15. The summed E-state index contributed by atoms with van der Waals surface area (Å²) in [6.07, 6.45) is 1.47. The lowest BCUT2D eigenvalue weighted by Gasteiger charge is -2.18. The monoisotopic (exact) mass is 283 g/mol. The van der Waals surface area contributed by atoms with E-state index in [1.165, 1.54) is 25.3 Å². The molecule has 0 aliphatic carbocycles. The first kappa shape index (κ1) is 15.4. The maximum Gasteiger partial charge on any atom is 0.335 e. The highest BCUT2D eigenvalue weighted by molar-refractivity contribution is 7.89. The summed E-state index contributed by atoms with van der Waals surface area (Å²) in [7, 11) is -2.28. The van der Waals surface area contributed by atoms with Gasteiger partial charge in [0.2, 0.25) is 10.0 Å². The lowest BCUT2D eigenvalue weighted by molar-refractivity contribution is 0.0696. The highest BCUT2D eigenvalue weighted by Gasteiger charge is 2.24. The highest BCUT2D eigenvalue weighted by Crippen LogP contribution is 2.23. The van der Waals surface area contributed by atoms with Crippen molar-refractivity contribution in [2.75, 3.05) is 13.6 Å². The third kappa shape index (κ3) is 3.02. The van der Waals surface area contributed by atoms with Crippen molar-refractivity contribution >= 4 is 16.0 Å². The molecule has 6 heteroatoms. The van der Waals surface area contributed by atoms with Gasteiger partial charge in [0.25, 0.3) is 0 Å². The standard InChI is InChI=1S/C13H17NO4S/c1-5-6-14(4)19(17,18)12-8-11(13(15)16)7-9(2)10(12)3/h5,7-8H,1,6H2,2-4H3,(H,15,16). The quantitative estimate of drug-likeness (QED) is 0.836. The van der Waals surface area contributed by atoms with Crippen molar-refractivity contribution < 1.29 is 18.3 Å². The Kier molecular flexibility index (Phi) is 4.49. The molecule has 0 aliphatic heterocycles. The molecule has 5 nitrogen and oxygen atoms in total. The molecule has 0 fully saturated rings. The number of hydrogen-bond acceptors (Lipinski definition) is 3. The van der Waals surface area contributed by atoms with Crippen molar-refractivity contribution in [1.82, 2.24) is 4.31 Å². The van der Waals surface area contributed by atoms with Crippen molar-refractivity contribution in [3.05, 3.63) is 41.5 Å². The molecule has 0 radical (unpaired) electrons. The van der Waals surface area contributed by atoms with Crippen molar-refractivity contribution in [1.29, 1.82) is 0 Å². The van der Waals surface area contributed by atoms with E-state index in [2.05, 4.69) is 6.58 Å². The van der Waals surface area contributed by atoms with Gasteiger partial charge < -0.3 is 5.11 Å². The van der Waals surface area contributed by atoms with Gasteiger partial charge in [-0.05, 0) is 37.1 Å². The maximum atomic E-state index is 12.4. The molecule has 0 unspecified atom stereocenters. The minimum Gasteiger partial charge on any atom is -0.478 e. The van der Waals surface area contributed by atoms with Gasteiger partial charge in [-0.25, -0.2) is 13.2 Å². The van der Waals surface area contributed by atoms with Crippen LogP contribution in [0.5, 0.6) is 0 Å². The molecule has 0 atom stereocenters. The van der Waals surface area contributed by atoms with Crippen LogP contribution in [0.15, 0.2) is 29.7 Å². The van der Waals surface area contributed by atoms with E-state index in [9.17, 15) is 13.2 Å². The maximum absolute atomic E-state index is 12.4. The van der Waals surface area contributed by atoms with Crippen molar-refractivity contribution in [3.8, 4) is 0 Å². The van der Waals surface area contributed by atoms with Crippen LogP contribution in [-0.2, 0) is 10.0 Å². The summed E-state index contributed by atoms with van der Waals surface area (Å²) in [6, 6.07) is 2.66. The number of rotatable bonds is 5. The summed E-state index contributed by atoms with van der Waals surface area (Å²) < 4.78 is 25.8. The Morgan fingerprint density at radius 1 is 1.42 bits per heavy atom. The van der Waals surface area contributed by atoms with E-state index in [0.717, 1.165) is 4.31 Å². The fourth-order valence-electron chi connectivity index (χ4n) is 1.67. The van der Waals surface area contributed by atoms with Crippen molar-refractivity contribution in [2.45, 2.75) is 18.7 Å². The fourth-order valence-corrected chi connectivity index (χ4v) is 3.13. The number of carboxylic acid groups (broad SMARTS) is 1. The molecule has 0 saturated carbocycles. The number of carbonyl (C=O) groups is 1. The molecule has 0 heterocycles. The first-order valence-corrected chi connectivity index (χ1v) is 7.07. The van der Waals surface area contributed by atoms with Crippen molar-refractivity contribution in [3.63, 3.8) is 0 Å². The van der Waals surface area contributed by atoms with Gasteiger partial charge in [-0.1, -0.05) is 6.08 Å². The zero-order valence-corrected chi connectivity index (χ0v) is 12.0. The zero-order valence-electron chi connectivity index (χ0n) is 11.2. The second-order valence-electron chi connectivity index (χ2n) is 4.30. The van der Waals surface area contributed by atoms with Crippen LogP contribution in [0.25, 0.3) is 0 Å². The van der Waals surface area contributed by atoms with E-state index in [0.29, 0.717) is 11.1 Å². The largest absolute Gasteiger partial charge is 0.478 e. The van der Waals surface area contributed by atoms with Crippen LogP contribution < -0.4 is 0 Å². The summed E-state index contributed by atoms with van der Waals surface area (Å²) in [5, 5.41) is 9.01. The topological polar surface area (TPSA) is 74.7 Å². The smallest absolute Gasteiger partial charge is 0.335 e. The predicted molar refractivity (Wildman–Crippen MR) is 72.9 cm³/mol. The lowest BCUT2D eigenvalue weighted by atomic mass is 10.1. The minimum atomic E-state index is -3.71. The van der Waals surface area contributed by atoms with Gasteiger partial charge in [0.05, 0.1) is 10.5 Å². The lowest BCUT2D eigenvalue weighted by Crippen LogP contribution is -2.28. The van der Waals surface area contributed by atoms with Gasteiger partial charge in [-0.15, -0.1) is 6.58 Å². The normalized spacial score (nSPS) is 11.6. The average Bonchev–Trinajstić information content (AvgIpc) is 2.32. The molecular formula is C13H17NO4S. The Bertz CT molecular complexity index is 620. The molecule has 0 amide bonds. The molecule has 1 rings (SSSR count). The summed E-state index contributed by atoms with van der Waals surface area (Å²) in [6.45, 7) is 7.01. The highest BCUT2D eigenvalue weighted by atomic mass is 32.2. The van der Waals surface area contributed by atoms with Gasteiger partial charge in [0.1, 0.15) is 0 Å². The van der Waals surface area contributed by atoms with Crippen LogP contribution in [-0.4, -0.2) is 37.4 Å². The number of benzene rings is 1. The predicted octanol–water partition coefficient (Wildman–Crippen LogP) is 1.81. The minimum absolute atomic E-state index is 0.0225. The average molecular weight is 283 g/mol. The first-order chi connectivity index (χ1) is 8.71. The van der Waals surface area contributed by atoms with E-state index in [1.807, 2.05) is 0 Å². The number of aryl methyl sites for hydroxylation is 1. The Balaban J connectivity index is 3.49. The van der Waals surface area contributed by atoms with Gasteiger partial charge >= 0.3 is 5.97 Å². The van der Waals surface area contributed by atoms with E-state index < -0.39 is 16.0 Å². The van der Waals surface area contributed by atoms with Crippen LogP contribution in [0.1, 0.15) is 21.5 Å². The molecule has 0 spiro atoms. The second kappa shape index (κ2) is 5.54. The molecule has 19 heavy (non-hydrogen) atoms. The van der Waals surface area contributed by atoms with Crippen LogP contribution >= 0.6 is 0 Å². The number of nitrogens with zero attached hydrogens (tertiary/aromatic N) is 1. The SMILES string of the molecule is C=CCN(C)S(=O)(=O)c1cc(C(=O)O)cc(C)c1C. The number of sulfonamides is 1. The Labute approximate surface area is 113 Å². The summed E-state index contributed by atoms with van der Waals surface area (Å²) in [5.41, 5.74) is 1.15. The second-order valence-corrected chi connectivity index (χ2v) is 6.31. The van der Waals surface area contributed by atoms with E-state index >= 15 is 0 Å². The van der Waals surface area contributed by atoms with Gasteiger partial charge in [-0.2, -0.15) is 4.31 Å². The number of hydrogen-bond donors (Lipinski definition) is 1. The molecule has 1 N–H and O–H groups in total. The Morgan fingerprint density at radius 2 is 2.00 bits per heavy atom. The molecule has 0 aromatic heterocycles. The van der Waals surface area contributed by atoms with Crippen LogP contribution in [0.3, 0.4) is 0 Å². The fraction of sp³-hybridized carbons (Fsp3) is 0.308.